The fraction of sp³-hybridized carbons (Fsp3) is 0.579. The molecule has 25 heavy (non-hydrogen) atoms. The number of nitrogens with zero attached hydrogens (tertiary/aromatic N) is 4. The van der Waals surface area contributed by atoms with Gasteiger partial charge in [0.2, 0.25) is 5.95 Å². The summed E-state index contributed by atoms with van der Waals surface area (Å²) < 4.78 is 0. The highest BCUT2D eigenvalue weighted by atomic mass is 32.1. The first-order valence-electron chi connectivity index (χ1n) is 9.34. The van der Waals surface area contributed by atoms with Gasteiger partial charge in [0.05, 0.1) is 0 Å². The van der Waals surface area contributed by atoms with Gasteiger partial charge in [-0.2, -0.15) is 4.98 Å². The van der Waals surface area contributed by atoms with Crippen LogP contribution in [0.3, 0.4) is 0 Å². The predicted octanol–water partition coefficient (Wildman–Crippen LogP) is 3.41. The van der Waals surface area contributed by atoms with Gasteiger partial charge < -0.3 is 10.6 Å². The summed E-state index contributed by atoms with van der Waals surface area (Å²) >= 11 is 2.03. The van der Waals surface area contributed by atoms with Crippen LogP contribution < -0.4 is 10.6 Å². The largest absolute Gasteiger partial charge is 0.368 e. The third kappa shape index (κ3) is 3.96. The number of thiophene rings is 1. The van der Waals surface area contributed by atoms with Crippen LogP contribution in [0.25, 0.3) is 0 Å². The molecule has 2 fully saturated rings. The van der Waals surface area contributed by atoms with Gasteiger partial charge in [0, 0.05) is 54.2 Å². The lowest BCUT2D eigenvalue weighted by Crippen LogP contribution is -2.46. The van der Waals surface area contributed by atoms with E-state index in [9.17, 15) is 0 Å². The van der Waals surface area contributed by atoms with Gasteiger partial charge in [-0.15, -0.1) is 11.3 Å². The molecule has 2 N–H and O–H groups in total. The Kier molecular flexibility index (Phi) is 4.90. The highest BCUT2D eigenvalue weighted by Crippen LogP contribution is 2.37. The maximum absolute atomic E-state index is 5.79. The number of aryl methyl sites for hydroxylation is 1. The van der Waals surface area contributed by atoms with Crippen LogP contribution in [-0.2, 0) is 6.54 Å². The van der Waals surface area contributed by atoms with E-state index in [4.69, 9.17) is 5.73 Å². The summed E-state index contributed by atoms with van der Waals surface area (Å²) in [5, 5.41) is 0. The minimum absolute atomic E-state index is 0.371. The van der Waals surface area contributed by atoms with Gasteiger partial charge >= 0.3 is 0 Å². The van der Waals surface area contributed by atoms with E-state index in [1.54, 1.807) is 4.88 Å². The number of anilines is 2. The van der Waals surface area contributed by atoms with Crippen molar-refractivity contribution in [2.45, 2.75) is 45.1 Å². The summed E-state index contributed by atoms with van der Waals surface area (Å²) in [7, 11) is 0. The second-order valence-electron chi connectivity index (χ2n) is 7.27. The SMILES string of the molecule is Cc1cc(N2CCN(Cc3ccc(C4CCCC4)s3)CC2)nc(N)n1. The van der Waals surface area contributed by atoms with Crippen molar-refractivity contribution in [2.24, 2.45) is 0 Å². The van der Waals surface area contributed by atoms with Crippen LogP contribution in [0.1, 0.15) is 47.0 Å². The second-order valence-corrected chi connectivity index (χ2v) is 8.47. The number of hydrogen-bond donors (Lipinski definition) is 1. The Hall–Kier alpha value is -1.66. The highest BCUT2D eigenvalue weighted by molar-refractivity contribution is 7.12. The van der Waals surface area contributed by atoms with E-state index in [2.05, 4.69) is 31.9 Å². The van der Waals surface area contributed by atoms with Gasteiger partial charge in [-0.3, -0.25) is 4.90 Å². The number of nitrogens with two attached hydrogens (primary N) is 1. The molecule has 1 saturated heterocycles. The summed E-state index contributed by atoms with van der Waals surface area (Å²) in [6, 6.07) is 6.75. The van der Waals surface area contributed by atoms with E-state index in [-0.39, 0.29) is 0 Å². The van der Waals surface area contributed by atoms with Crippen molar-refractivity contribution in [1.82, 2.24) is 14.9 Å². The van der Waals surface area contributed by atoms with E-state index in [0.29, 0.717) is 5.95 Å². The van der Waals surface area contributed by atoms with Crippen LogP contribution in [0.4, 0.5) is 11.8 Å². The Morgan fingerprint density at radius 2 is 1.88 bits per heavy atom. The zero-order valence-electron chi connectivity index (χ0n) is 14.9. The minimum atomic E-state index is 0.371. The third-order valence-electron chi connectivity index (χ3n) is 5.37. The lowest BCUT2D eigenvalue weighted by Gasteiger charge is -2.35. The van der Waals surface area contributed by atoms with Crippen molar-refractivity contribution in [3.8, 4) is 0 Å². The second kappa shape index (κ2) is 7.30. The first-order chi connectivity index (χ1) is 12.2. The average Bonchev–Trinajstić information content (AvgIpc) is 3.26. The van der Waals surface area contributed by atoms with Crippen molar-refractivity contribution < 1.29 is 0 Å². The first kappa shape index (κ1) is 16.8. The molecule has 0 unspecified atom stereocenters. The molecular weight excluding hydrogens is 330 g/mol. The highest BCUT2D eigenvalue weighted by Gasteiger charge is 2.21. The predicted molar refractivity (Wildman–Crippen MR) is 104 cm³/mol. The normalized spacial score (nSPS) is 19.6. The third-order valence-corrected chi connectivity index (χ3v) is 6.61. The molecular formula is C19H27N5S. The summed E-state index contributed by atoms with van der Waals surface area (Å²) in [5.41, 5.74) is 6.72. The van der Waals surface area contributed by atoms with Gasteiger partial charge in [-0.05, 0) is 37.8 Å². The van der Waals surface area contributed by atoms with Gasteiger partial charge in [0.1, 0.15) is 5.82 Å². The number of hydrogen-bond acceptors (Lipinski definition) is 6. The van der Waals surface area contributed by atoms with Crippen molar-refractivity contribution >= 4 is 23.1 Å². The molecule has 2 aromatic rings. The summed E-state index contributed by atoms with van der Waals surface area (Å²) in [4.78, 5) is 16.6. The quantitative estimate of drug-likeness (QED) is 0.909. The average molecular weight is 358 g/mol. The topological polar surface area (TPSA) is 58.3 Å². The number of rotatable bonds is 4. The van der Waals surface area contributed by atoms with Crippen molar-refractivity contribution in [3.05, 3.63) is 33.6 Å². The standard InChI is InChI=1S/C19H27N5S/c1-14-12-18(22-19(20)21-14)24-10-8-23(9-11-24)13-16-6-7-17(25-16)15-4-2-3-5-15/h6-7,12,15H,2-5,8-11,13H2,1H3,(H2,20,21,22). The monoisotopic (exact) mass is 357 g/mol. The molecule has 6 heteroatoms. The van der Waals surface area contributed by atoms with E-state index < -0.39 is 0 Å². The Bertz CT molecular complexity index is 694. The van der Waals surface area contributed by atoms with E-state index >= 15 is 0 Å². The van der Waals surface area contributed by atoms with Crippen LogP contribution >= 0.6 is 11.3 Å². The van der Waals surface area contributed by atoms with E-state index in [1.807, 2.05) is 24.3 Å². The zero-order chi connectivity index (χ0) is 17.2. The van der Waals surface area contributed by atoms with E-state index in [1.165, 1.54) is 30.6 Å². The molecule has 3 heterocycles. The lowest BCUT2D eigenvalue weighted by molar-refractivity contribution is 0.251. The fourth-order valence-electron chi connectivity index (χ4n) is 4.00. The number of nitrogen functional groups attached to an aromatic ring is 1. The van der Waals surface area contributed by atoms with Gasteiger partial charge in [-0.1, -0.05) is 12.8 Å². The molecule has 0 spiro atoms. The molecule has 134 valence electrons. The van der Waals surface area contributed by atoms with Crippen molar-refractivity contribution in [2.75, 3.05) is 36.8 Å². The van der Waals surface area contributed by atoms with Gasteiger partial charge in [0.25, 0.3) is 0 Å². The Labute approximate surface area is 153 Å². The molecule has 0 aromatic carbocycles. The molecule has 1 aliphatic heterocycles. The summed E-state index contributed by atoms with van der Waals surface area (Å²) in [5.74, 6) is 2.17. The Morgan fingerprint density at radius 1 is 1.12 bits per heavy atom. The molecule has 2 aromatic heterocycles. The van der Waals surface area contributed by atoms with Gasteiger partial charge in [-0.25, -0.2) is 4.98 Å². The number of piperazine rings is 1. The number of aromatic nitrogens is 2. The molecule has 0 atom stereocenters. The Morgan fingerprint density at radius 3 is 2.60 bits per heavy atom. The smallest absolute Gasteiger partial charge is 0.222 e. The summed E-state index contributed by atoms with van der Waals surface area (Å²) in [6.07, 6.45) is 5.60. The zero-order valence-corrected chi connectivity index (χ0v) is 15.8. The maximum atomic E-state index is 5.79. The van der Waals surface area contributed by atoms with Crippen LogP contribution in [0.15, 0.2) is 18.2 Å². The molecule has 1 aliphatic carbocycles. The molecule has 0 radical (unpaired) electrons. The maximum Gasteiger partial charge on any atom is 0.222 e. The van der Waals surface area contributed by atoms with Crippen molar-refractivity contribution in [1.29, 1.82) is 0 Å². The summed E-state index contributed by atoms with van der Waals surface area (Å²) in [6.45, 7) is 7.18. The fourth-order valence-corrected chi connectivity index (χ4v) is 5.23. The first-order valence-corrected chi connectivity index (χ1v) is 10.2. The van der Waals surface area contributed by atoms with Crippen LogP contribution in [0.2, 0.25) is 0 Å². The lowest BCUT2D eigenvalue weighted by atomic mass is 10.1. The van der Waals surface area contributed by atoms with Gasteiger partial charge in [0.15, 0.2) is 0 Å². The minimum Gasteiger partial charge on any atom is -0.368 e. The molecule has 5 nitrogen and oxygen atoms in total. The Balaban J connectivity index is 1.33. The van der Waals surface area contributed by atoms with E-state index in [0.717, 1.165) is 50.2 Å². The molecule has 0 bridgehead atoms. The van der Waals surface area contributed by atoms with Crippen molar-refractivity contribution in [3.63, 3.8) is 0 Å². The molecule has 1 saturated carbocycles. The van der Waals surface area contributed by atoms with Crippen LogP contribution in [0.5, 0.6) is 0 Å². The van der Waals surface area contributed by atoms with Crippen LogP contribution in [-0.4, -0.2) is 41.0 Å². The van der Waals surface area contributed by atoms with Crippen LogP contribution in [0, 0.1) is 6.92 Å². The molecule has 0 amide bonds. The molecule has 4 rings (SSSR count). The molecule has 2 aliphatic rings.